The molecule has 1 spiro atoms. The molecule has 3 rings (SSSR count). The Morgan fingerprint density at radius 3 is 2.59 bits per heavy atom. The minimum absolute atomic E-state index is 0.0268. The molecule has 0 bridgehead atoms. The van der Waals surface area contributed by atoms with Gasteiger partial charge in [0.15, 0.2) is 5.78 Å². The lowest BCUT2D eigenvalue weighted by Gasteiger charge is -2.34. The molecule has 0 N–H and O–H groups in total. The molecule has 0 atom stereocenters. The fourth-order valence-corrected chi connectivity index (χ4v) is 3.57. The van der Waals surface area contributed by atoms with Crippen LogP contribution >= 0.6 is 0 Å². The molecule has 17 heavy (non-hydrogen) atoms. The van der Waals surface area contributed by atoms with E-state index in [-0.39, 0.29) is 5.41 Å². The number of carbonyl (C=O) groups is 1. The third-order valence-electron chi connectivity index (χ3n) is 4.88. The van der Waals surface area contributed by atoms with Gasteiger partial charge in [0.1, 0.15) is 0 Å². The van der Waals surface area contributed by atoms with Crippen molar-refractivity contribution in [1.29, 1.82) is 0 Å². The highest BCUT2D eigenvalue weighted by atomic mass is 16.1. The Morgan fingerprint density at radius 1 is 1.24 bits per heavy atom. The molecule has 1 aromatic carbocycles. The summed E-state index contributed by atoms with van der Waals surface area (Å²) in [7, 11) is 0. The minimum atomic E-state index is -0.0268. The number of hydrogen-bond acceptors (Lipinski definition) is 1. The number of hydrogen-bond donors (Lipinski definition) is 0. The van der Waals surface area contributed by atoms with Crippen molar-refractivity contribution in [2.24, 2.45) is 11.3 Å². The first-order valence-electron chi connectivity index (χ1n) is 6.76. The summed E-state index contributed by atoms with van der Waals surface area (Å²) in [4.78, 5) is 12.6. The van der Waals surface area contributed by atoms with E-state index in [4.69, 9.17) is 0 Å². The Balaban J connectivity index is 1.99. The summed E-state index contributed by atoms with van der Waals surface area (Å²) in [6.45, 7) is 4.45. The van der Waals surface area contributed by atoms with Crippen LogP contribution in [-0.2, 0) is 6.42 Å². The van der Waals surface area contributed by atoms with Gasteiger partial charge in [0, 0.05) is 11.0 Å². The van der Waals surface area contributed by atoms with E-state index in [2.05, 4.69) is 19.9 Å². The second kappa shape index (κ2) is 3.69. The van der Waals surface area contributed by atoms with E-state index in [9.17, 15) is 4.79 Å². The standard InChI is InChI=1S/C16H20O/c1-11-6-8-16(9-7-11)10-14-12(2)4-3-5-13(14)15(16)17/h3-5,11H,6-10H2,1-2H3. The first kappa shape index (κ1) is 11.0. The summed E-state index contributed by atoms with van der Waals surface area (Å²) in [6, 6.07) is 6.19. The van der Waals surface area contributed by atoms with Gasteiger partial charge in [0.25, 0.3) is 0 Å². The zero-order valence-electron chi connectivity index (χ0n) is 10.8. The zero-order valence-corrected chi connectivity index (χ0v) is 10.8. The van der Waals surface area contributed by atoms with Crippen LogP contribution in [0.3, 0.4) is 0 Å². The molecular weight excluding hydrogens is 208 g/mol. The molecule has 0 radical (unpaired) electrons. The number of Topliss-reactive ketones (excluding diaryl/α,β-unsaturated/α-hetero) is 1. The van der Waals surface area contributed by atoms with Crippen LogP contribution in [0.1, 0.15) is 54.1 Å². The van der Waals surface area contributed by atoms with Crippen molar-refractivity contribution >= 4 is 5.78 Å². The lowest BCUT2D eigenvalue weighted by molar-refractivity contribution is 0.0714. The van der Waals surface area contributed by atoms with Crippen molar-refractivity contribution in [2.75, 3.05) is 0 Å². The lowest BCUT2D eigenvalue weighted by atomic mass is 9.68. The van der Waals surface area contributed by atoms with Gasteiger partial charge in [-0.25, -0.2) is 0 Å². The molecule has 1 nitrogen and oxygen atoms in total. The van der Waals surface area contributed by atoms with E-state index in [0.717, 1.165) is 30.7 Å². The van der Waals surface area contributed by atoms with Crippen molar-refractivity contribution in [3.63, 3.8) is 0 Å². The van der Waals surface area contributed by atoms with Gasteiger partial charge in [-0.2, -0.15) is 0 Å². The van der Waals surface area contributed by atoms with Crippen LogP contribution in [0.25, 0.3) is 0 Å². The Hall–Kier alpha value is -1.11. The van der Waals surface area contributed by atoms with Crippen LogP contribution in [0.4, 0.5) is 0 Å². The molecule has 90 valence electrons. The van der Waals surface area contributed by atoms with Crippen LogP contribution < -0.4 is 0 Å². The summed E-state index contributed by atoms with van der Waals surface area (Å²) in [6.07, 6.45) is 5.64. The number of rotatable bonds is 0. The number of ketones is 1. The maximum atomic E-state index is 12.6. The van der Waals surface area contributed by atoms with Crippen LogP contribution in [0.2, 0.25) is 0 Å². The molecule has 0 aliphatic heterocycles. The first-order chi connectivity index (χ1) is 8.12. The van der Waals surface area contributed by atoms with E-state index in [0.29, 0.717) is 5.78 Å². The van der Waals surface area contributed by atoms with Gasteiger partial charge in [-0.05, 0) is 56.1 Å². The number of carbonyl (C=O) groups excluding carboxylic acids is 1. The Kier molecular flexibility index (Phi) is 2.39. The molecule has 0 amide bonds. The average molecular weight is 228 g/mol. The highest BCUT2D eigenvalue weighted by Gasteiger charge is 2.46. The van der Waals surface area contributed by atoms with Crippen LogP contribution in [0, 0.1) is 18.3 Å². The molecule has 1 aromatic rings. The van der Waals surface area contributed by atoms with Crippen molar-refractivity contribution in [3.05, 3.63) is 34.9 Å². The minimum Gasteiger partial charge on any atom is -0.294 e. The maximum Gasteiger partial charge on any atom is 0.169 e. The predicted molar refractivity (Wildman–Crippen MR) is 69.3 cm³/mol. The second-order valence-electron chi connectivity index (χ2n) is 6.07. The zero-order chi connectivity index (χ0) is 12.0. The number of benzene rings is 1. The van der Waals surface area contributed by atoms with Crippen LogP contribution in [0.15, 0.2) is 18.2 Å². The second-order valence-corrected chi connectivity index (χ2v) is 6.07. The summed E-state index contributed by atoms with van der Waals surface area (Å²) in [5.41, 5.74) is 3.61. The van der Waals surface area contributed by atoms with Crippen LogP contribution in [-0.4, -0.2) is 5.78 Å². The highest BCUT2D eigenvalue weighted by Crippen LogP contribution is 2.48. The summed E-state index contributed by atoms with van der Waals surface area (Å²) in [5, 5.41) is 0. The van der Waals surface area contributed by atoms with Gasteiger partial charge < -0.3 is 0 Å². The summed E-state index contributed by atoms with van der Waals surface area (Å²) in [5.74, 6) is 1.24. The van der Waals surface area contributed by atoms with Gasteiger partial charge in [0.05, 0.1) is 0 Å². The van der Waals surface area contributed by atoms with E-state index >= 15 is 0 Å². The fraction of sp³-hybridized carbons (Fsp3) is 0.562. The average Bonchev–Trinajstić information content (AvgIpc) is 2.60. The van der Waals surface area contributed by atoms with Crippen molar-refractivity contribution in [2.45, 2.75) is 46.0 Å². The van der Waals surface area contributed by atoms with E-state index in [1.165, 1.54) is 24.0 Å². The van der Waals surface area contributed by atoms with Crippen LogP contribution in [0.5, 0.6) is 0 Å². The quantitative estimate of drug-likeness (QED) is 0.657. The third kappa shape index (κ3) is 1.55. The highest BCUT2D eigenvalue weighted by molar-refractivity contribution is 6.05. The Morgan fingerprint density at radius 2 is 1.94 bits per heavy atom. The third-order valence-corrected chi connectivity index (χ3v) is 4.88. The maximum absolute atomic E-state index is 12.6. The number of aryl methyl sites for hydroxylation is 1. The molecule has 0 aromatic heterocycles. The predicted octanol–water partition coefficient (Wildman–Crippen LogP) is 3.93. The smallest absolute Gasteiger partial charge is 0.169 e. The van der Waals surface area contributed by atoms with E-state index < -0.39 is 0 Å². The summed E-state index contributed by atoms with van der Waals surface area (Å²) >= 11 is 0. The topological polar surface area (TPSA) is 17.1 Å². The van der Waals surface area contributed by atoms with Gasteiger partial charge in [-0.3, -0.25) is 4.79 Å². The molecule has 1 heteroatoms. The normalized spacial score (nSPS) is 31.9. The molecule has 0 heterocycles. The molecule has 2 aliphatic carbocycles. The van der Waals surface area contributed by atoms with Crippen molar-refractivity contribution in [1.82, 2.24) is 0 Å². The van der Waals surface area contributed by atoms with Crippen molar-refractivity contribution in [3.8, 4) is 0 Å². The van der Waals surface area contributed by atoms with Gasteiger partial charge in [0.2, 0.25) is 0 Å². The molecule has 2 aliphatic rings. The largest absolute Gasteiger partial charge is 0.294 e. The first-order valence-corrected chi connectivity index (χ1v) is 6.76. The lowest BCUT2D eigenvalue weighted by Crippen LogP contribution is -2.32. The monoisotopic (exact) mass is 228 g/mol. The number of fused-ring (bicyclic) bond motifs is 1. The van der Waals surface area contributed by atoms with E-state index in [1.54, 1.807) is 0 Å². The fourth-order valence-electron chi connectivity index (χ4n) is 3.57. The SMILES string of the molecule is Cc1cccc2c1CC1(CCC(C)CC1)C2=O. The van der Waals surface area contributed by atoms with Crippen molar-refractivity contribution < 1.29 is 4.79 Å². The molecule has 0 unspecified atom stereocenters. The molecule has 1 saturated carbocycles. The van der Waals surface area contributed by atoms with E-state index in [1.807, 2.05) is 12.1 Å². The Bertz CT molecular complexity index is 464. The molecule has 1 fully saturated rings. The van der Waals surface area contributed by atoms with Gasteiger partial charge >= 0.3 is 0 Å². The van der Waals surface area contributed by atoms with Gasteiger partial charge in [-0.1, -0.05) is 25.1 Å². The van der Waals surface area contributed by atoms with Gasteiger partial charge in [-0.15, -0.1) is 0 Å². The molecular formula is C16H20O. The molecule has 0 saturated heterocycles. The summed E-state index contributed by atoms with van der Waals surface area (Å²) < 4.78 is 0. The Labute approximate surface area is 103 Å².